The Morgan fingerprint density at radius 3 is 2.38 bits per heavy atom. The lowest BCUT2D eigenvalue weighted by Crippen LogP contribution is -2.32. The molecule has 0 amide bonds. The molecular formula is C18H21N5O3. The number of nitrogens with one attached hydrogen (secondary N) is 1. The van der Waals surface area contributed by atoms with Crippen molar-refractivity contribution >= 4 is 17.7 Å². The van der Waals surface area contributed by atoms with E-state index in [-0.39, 0.29) is 28.4 Å². The van der Waals surface area contributed by atoms with E-state index >= 15 is 0 Å². The molecule has 0 aliphatic carbocycles. The van der Waals surface area contributed by atoms with E-state index in [1.807, 2.05) is 24.3 Å². The second-order valence-electron chi connectivity index (χ2n) is 7.18. The number of benzene rings is 1. The number of esters is 1. The van der Waals surface area contributed by atoms with Gasteiger partial charge in [0, 0.05) is 0 Å². The molecule has 3 rings (SSSR count). The number of fused-ring (bicyclic) bond motifs is 1. The predicted octanol–water partition coefficient (Wildman–Crippen LogP) is 2.00. The summed E-state index contributed by atoms with van der Waals surface area (Å²) in [6, 6.07) is 7.27. The molecule has 0 saturated heterocycles. The van der Waals surface area contributed by atoms with Gasteiger partial charge < -0.3 is 10.1 Å². The second kappa shape index (κ2) is 6.36. The Balaban J connectivity index is 2.17. The lowest BCUT2D eigenvalue weighted by atomic mass is 9.85. The number of carbonyl (C=O) groups excluding carboxylic acids is 2. The minimum Gasteiger partial charge on any atom is -0.464 e. The van der Waals surface area contributed by atoms with Crippen LogP contribution >= 0.6 is 0 Å². The molecule has 0 bridgehead atoms. The van der Waals surface area contributed by atoms with Gasteiger partial charge in [-0.05, 0) is 33.9 Å². The van der Waals surface area contributed by atoms with Crippen LogP contribution in [-0.2, 0) is 19.7 Å². The summed E-state index contributed by atoms with van der Waals surface area (Å²) in [4.78, 5) is 24.6. The molecule has 1 aromatic heterocycles. The number of nitrogens with zero attached hydrogens (tertiary/aromatic N) is 4. The molecule has 1 aromatic carbocycles. The van der Waals surface area contributed by atoms with Crippen LogP contribution in [0.1, 0.15) is 44.9 Å². The van der Waals surface area contributed by atoms with Gasteiger partial charge in [-0.25, -0.2) is 4.79 Å². The molecule has 0 spiro atoms. The fourth-order valence-electron chi connectivity index (χ4n) is 2.99. The van der Waals surface area contributed by atoms with E-state index in [9.17, 15) is 9.59 Å². The first-order valence-electron chi connectivity index (χ1n) is 8.22. The molecule has 1 N–H and O–H groups in total. The standard InChI is InChI=1S/C18H21N5O3/c1-10(24)13-14(16(25)26-5)19-17-20-21-22-23(17)15(13)11-6-8-12(9-7-11)18(2,3)4/h6-9,15H,1-5H3,(H,19,20,22)/t15-/m0/s1. The SMILES string of the molecule is COC(=O)C1=C(C(C)=O)[C@H](c2ccc(C(C)(C)C)cc2)n2nnnc2N1. The van der Waals surface area contributed by atoms with Crippen molar-refractivity contribution in [2.24, 2.45) is 0 Å². The maximum absolute atomic E-state index is 12.4. The summed E-state index contributed by atoms with van der Waals surface area (Å²) in [7, 11) is 1.26. The number of tetrazole rings is 1. The monoisotopic (exact) mass is 355 g/mol. The Morgan fingerprint density at radius 2 is 1.85 bits per heavy atom. The lowest BCUT2D eigenvalue weighted by molar-refractivity contribution is -0.136. The quantitative estimate of drug-likeness (QED) is 0.841. The van der Waals surface area contributed by atoms with Crippen LogP contribution < -0.4 is 5.32 Å². The van der Waals surface area contributed by atoms with Crippen LogP contribution in [0.4, 0.5) is 5.95 Å². The average Bonchev–Trinajstić information content (AvgIpc) is 3.06. The molecule has 0 fully saturated rings. The number of rotatable bonds is 3. The van der Waals surface area contributed by atoms with Crippen molar-refractivity contribution in [1.82, 2.24) is 20.2 Å². The van der Waals surface area contributed by atoms with Gasteiger partial charge in [-0.3, -0.25) is 4.79 Å². The third-order valence-electron chi connectivity index (χ3n) is 4.38. The number of allylic oxidation sites excluding steroid dienone is 1. The zero-order valence-electron chi connectivity index (χ0n) is 15.4. The van der Waals surface area contributed by atoms with Crippen LogP contribution in [0, 0.1) is 0 Å². The van der Waals surface area contributed by atoms with E-state index in [4.69, 9.17) is 4.74 Å². The predicted molar refractivity (Wildman–Crippen MR) is 94.4 cm³/mol. The van der Waals surface area contributed by atoms with Crippen molar-refractivity contribution in [2.75, 3.05) is 12.4 Å². The van der Waals surface area contributed by atoms with E-state index in [0.29, 0.717) is 0 Å². The number of methoxy groups -OCH3 is 1. The summed E-state index contributed by atoms with van der Waals surface area (Å²) in [6.07, 6.45) is 0. The van der Waals surface area contributed by atoms with Gasteiger partial charge in [-0.2, -0.15) is 4.68 Å². The highest BCUT2D eigenvalue weighted by Crippen LogP contribution is 2.36. The van der Waals surface area contributed by atoms with E-state index in [2.05, 4.69) is 41.6 Å². The van der Waals surface area contributed by atoms with E-state index in [0.717, 1.165) is 11.1 Å². The number of hydrogen-bond donors (Lipinski definition) is 1. The first-order valence-corrected chi connectivity index (χ1v) is 8.22. The molecule has 1 atom stereocenters. The van der Waals surface area contributed by atoms with Crippen LogP contribution in [0.15, 0.2) is 35.5 Å². The molecule has 1 aliphatic heterocycles. The Bertz CT molecular complexity index is 890. The highest BCUT2D eigenvalue weighted by molar-refractivity contribution is 6.05. The molecule has 0 radical (unpaired) electrons. The summed E-state index contributed by atoms with van der Waals surface area (Å²) in [5.41, 5.74) is 2.30. The molecule has 0 unspecified atom stereocenters. The summed E-state index contributed by atoms with van der Waals surface area (Å²) in [5.74, 6) is -0.620. The fourth-order valence-corrected chi connectivity index (χ4v) is 2.99. The molecular weight excluding hydrogens is 334 g/mol. The Morgan fingerprint density at radius 1 is 1.19 bits per heavy atom. The van der Waals surface area contributed by atoms with Crippen LogP contribution in [0.3, 0.4) is 0 Å². The number of aromatic nitrogens is 4. The third-order valence-corrected chi connectivity index (χ3v) is 4.38. The minimum atomic E-state index is -0.638. The van der Waals surface area contributed by atoms with E-state index < -0.39 is 12.0 Å². The summed E-state index contributed by atoms with van der Waals surface area (Å²) < 4.78 is 6.32. The minimum absolute atomic E-state index is 0.00302. The largest absolute Gasteiger partial charge is 0.464 e. The van der Waals surface area contributed by atoms with Gasteiger partial charge in [0.15, 0.2) is 5.78 Å². The summed E-state index contributed by atoms with van der Waals surface area (Å²) in [6.45, 7) is 7.79. The lowest BCUT2D eigenvalue weighted by Gasteiger charge is -2.28. The fraction of sp³-hybridized carbons (Fsp3) is 0.389. The highest BCUT2D eigenvalue weighted by Gasteiger charge is 2.36. The van der Waals surface area contributed by atoms with Gasteiger partial charge in [-0.15, -0.1) is 0 Å². The zero-order chi connectivity index (χ0) is 19.1. The smallest absolute Gasteiger partial charge is 0.355 e. The van der Waals surface area contributed by atoms with Crippen molar-refractivity contribution in [3.05, 3.63) is 46.7 Å². The number of ether oxygens (including phenoxy) is 1. The number of Topliss-reactive ketones (excluding diaryl/α,β-unsaturated/α-hetero) is 1. The van der Waals surface area contributed by atoms with Crippen LogP contribution in [-0.4, -0.2) is 39.1 Å². The highest BCUT2D eigenvalue weighted by atomic mass is 16.5. The summed E-state index contributed by atoms with van der Waals surface area (Å²) >= 11 is 0. The van der Waals surface area contributed by atoms with Gasteiger partial charge >= 0.3 is 5.97 Å². The van der Waals surface area contributed by atoms with Crippen LogP contribution in [0.2, 0.25) is 0 Å². The zero-order valence-corrected chi connectivity index (χ0v) is 15.4. The van der Waals surface area contributed by atoms with Crippen molar-refractivity contribution in [3.8, 4) is 0 Å². The van der Waals surface area contributed by atoms with Crippen LogP contribution in [0.5, 0.6) is 0 Å². The number of carbonyl (C=O) groups is 2. The van der Waals surface area contributed by atoms with E-state index in [1.54, 1.807) is 0 Å². The van der Waals surface area contributed by atoms with Crippen LogP contribution in [0.25, 0.3) is 0 Å². The van der Waals surface area contributed by atoms with Gasteiger partial charge in [-0.1, -0.05) is 50.1 Å². The van der Waals surface area contributed by atoms with Gasteiger partial charge in [0.25, 0.3) is 0 Å². The average molecular weight is 355 g/mol. The Kier molecular flexibility index (Phi) is 4.35. The maximum atomic E-state index is 12.4. The van der Waals surface area contributed by atoms with Gasteiger partial charge in [0.1, 0.15) is 11.7 Å². The number of anilines is 1. The van der Waals surface area contributed by atoms with Crippen molar-refractivity contribution < 1.29 is 14.3 Å². The third kappa shape index (κ3) is 2.98. The van der Waals surface area contributed by atoms with Gasteiger partial charge in [0.2, 0.25) is 5.95 Å². The Labute approximate surface area is 151 Å². The first-order chi connectivity index (χ1) is 12.2. The molecule has 2 heterocycles. The van der Waals surface area contributed by atoms with Crippen molar-refractivity contribution in [1.29, 1.82) is 0 Å². The number of ketones is 1. The topological polar surface area (TPSA) is 99.0 Å². The Hall–Kier alpha value is -3.03. The van der Waals surface area contributed by atoms with Crippen molar-refractivity contribution in [2.45, 2.75) is 39.2 Å². The molecule has 2 aromatic rings. The normalized spacial score (nSPS) is 16.7. The van der Waals surface area contributed by atoms with E-state index in [1.165, 1.54) is 18.7 Å². The second-order valence-corrected chi connectivity index (χ2v) is 7.18. The number of hydrogen-bond acceptors (Lipinski definition) is 7. The maximum Gasteiger partial charge on any atom is 0.355 e. The molecule has 1 aliphatic rings. The van der Waals surface area contributed by atoms with Crippen molar-refractivity contribution in [3.63, 3.8) is 0 Å². The molecule has 8 nitrogen and oxygen atoms in total. The molecule has 0 saturated carbocycles. The summed E-state index contributed by atoms with van der Waals surface area (Å²) in [5, 5.41) is 14.3. The molecule has 8 heteroatoms. The first kappa shape index (κ1) is 17.8. The molecule has 136 valence electrons. The van der Waals surface area contributed by atoms with Gasteiger partial charge in [0.05, 0.1) is 12.7 Å². The molecule has 26 heavy (non-hydrogen) atoms.